The fourth-order valence-electron chi connectivity index (χ4n) is 3.30. The molecule has 1 spiro atoms. The van der Waals surface area contributed by atoms with Crippen LogP contribution in [0.5, 0.6) is 0 Å². The van der Waals surface area contributed by atoms with Crippen LogP contribution in [0.15, 0.2) is 36.9 Å². The molecule has 168 valence electrons. The molecule has 2 aliphatic rings. The van der Waals surface area contributed by atoms with Gasteiger partial charge in [-0.1, -0.05) is 0 Å². The van der Waals surface area contributed by atoms with Crippen molar-refractivity contribution in [1.82, 2.24) is 15.0 Å². The average molecular weight is 444 g/mol. The van der Waals surface area contributed by atoms with Gasteiger partial charge >= 0.3 is 12.1 Å². The molecule has 2 aromatic rings. The lowest BCUT2D eigenvalue weighted by Gasteiger charge is -2.52. The topological polar surface area (TPSA) is 97.7 Å². The van der Waals surface area contributed by atoms with Gasteiger partial charge in [0.2, 0.25) is 5.95 Å². The lowest BCUT2D eigenvalue weighted by molar-refractivity contribution is -0.192. The summed E-state index contributed by atoms with van der Waals surface area (Å²) in [6.07, 6.45) is 2.79. The molecule has 0 saturated carbocycles. The maximum Gasteiger partial charge on any atom is 0.490 e. The SMILES string of the molecule is Fc1cnc(N2CC3(CC(OCc4ccncc4)CCO3)C2)nc1.O=C(O)C(F)(F)F. The van der Waals surface area contributed by atoms with Crippen LogP contribution < -0.4 is 4.90 Å². The molecular weight excluding hydrogens is 424 g/mol. The molecule has 31 heavy (non-hydrogen) atoms. The van der Waals surface area contributed by atoms with Gasteiger partial charge in [0.15, 0.2) is 5.82 Å². The number of aromatic nitrogens is 3. The Balaban J connectivity index is 0.000000339. The monoisotopic (exact) mass is 444 g/mol. The maximum absolute atomic E-state index is 12.9. The average Bonchev–Trinajstić information content (AvgIpc) is 2.72. The highest BCUT2D eigenvalue weighted by Crippen LogP contribution is 2.36. The summed E-state index contributed by atoms with van der Waals surface area (Å²) in [5, 5.41) is 7.12. The molecule has 4 heterocycles. The molecule has 2 aromatic heterocycles. The van der Waals surface area contributed by atoms with E-state index >= 15 is 0 Å². The van der Waals surface area contributed by atoms with Gasteiger partial charge in [0, 0.05) is 25.4 Å². The zero-order valence-electron chi connectivity index (χ0n) is 16.3. The van der Waals surface area contributed by atoms with Crippen molar-refractivity contribution in [2.45, 2.75) is 37.3 Å². The third kappa shape index (κ3) is 6.31. The Labute approximate surface area is 174 Å². The molecule has 1 unspecified atom stereocenters. The van der Waals surface area contributed by atoms with Crippen LogP contribution in [0.2, 0.25) is 0 Å². The van der Waals surface area contributed by atoms with Crippen LogP contribution in [-0.4, -0.2) is 63.6 Å². The third-order valence-electron chi connectivity index (χ3n) is 4.77. The van der Waals surface area contributed by atoms with Crippen LogP contribution in [0.3, 0.4) is 0 Å². The molecule has 2 saturated heterocycles. The highest BCUT2D eigenvalue weighted by atomic mass is 19.4. The highest BCUT2D eigenvalue weighted by Gasteiger charge is 2.48. The molecule has 0 bridgehead atoms. The summed E-state index contributed by atoms with van der Waals surface area (Å²) in [6.45, 7) is 2.72. The van der Waals surface area contributed by atoms with Crippen molar-refractivity contribution in [2.24, 2.45) is 0 Å². The second-order valence-corrected chi connectivity index (χ2v) is 7.17. The van der Waals surface area contributed by atoms with Crippen LogP contribution in [0.25, 0.3) is 0 Å². The van der Waals surface area contributed by atoms with Gasteiger partial charge in [-0.2, -0.15) is 13.2 Å². The number of rotatable bonds is 4. The summed E-state index contributed by atoms with van der Waals surface area (Å²) in [6, 6.07) is 3.93. The largest absolute Gasteiger partial charge is 0.490 e. The van der Waals surface area contributed by atoms with Gasteiger partial charge in [0.05, 0.1) is 38.2 Å². The molecule has 8 nitrogen and oxygen atoms in total. The predicted octanol–water partition coefficient (Wildman–Crippen LogP) is 2.60. The molecule has 0 radical (unpaired) electrons. The maximum atomic E-state index is 12.9. The number of hydrogen-bond acceptors (Lipinski definition) is 7. The number of anilines is 1. The fraction of sp³-hybridized carbons (Fsp3) is 0.474. The van der Waals surface area contributed by atoms with Gasteiger partial charge < -0.3 is 19.5 Å². The molecular formula is C19H20F4N4O4. The minimum atomic E-state index is -5.08. The molecule has 4 rings (SSSR count). The summed E-state index contributed by atoms with van der Waals surface area (Å²) >= 11 is 0. The van der Waals surface area contributed by atoms with Crippen LogP contribution in [-0.2, 0) is 20.9 Å². The first-order valence-electron chi connectivity index (χ1n) is 9.34. The van der Waals surface area contributed by atoms with E-state index in [0.717, 1.165) is 18.4 Å². The van der Waals surface area contributed by atoms with E-state index < -0.39 is 18.0 Å². The first-order valence-corrected chi connectivity index (χ1v) is 9.34. The van der Waals surface area contributed by atoms with E-state index in [9.17, 15) is 17.6 Å². The van der Waals surface area contributed by atoms with Crippen LogP contribution >= 0.6 is 0 Å². The Kier molecular flexibility index (Phi) is 7.01. The molecule has 0 aromatic carbocycles. The predicted molar refractivity (Wildman–Crippen MR) is 98.6 cm³/mol. The van der Waals surface area contributed by atoms with Gasteiger partial charge in [0.25, 0.3) is 0 Å². The second-order valence-electron chi connectivity index (χ2n) is 7.17. The Morgan fingerprint density at radius 1 is 1.26 bits per heavy atom. The Hall–Kier alpha value is -2.86. The summed E-state index contributed by atoms with van der Waals surface area (Å²) in [4.78, 5) is 23.0. The van der Waals surface area contributed by atoms with Crippen molar-refractivity contribution in [3.63, 3.8) is 0 Å². The third-order valence-corrected chi connectivity index (χ3v) is 4.77. The van der Waals surface area contributed by atoms with E-state index in [4.69, 9.17) is 19.4 Å². The number of nitrogens with zero attached hydrogens (tertiary/aromatic N) is 4. The molecule has 12 heteroatoms. The molecule has 0 amide bonds. The standard InChI is InChI=1S/C17H19FN4O2.C2HF3O2/c18-14-8-20-16(21-9-14)22-11-17(12-22)7-15(3-6-24-17)23-10-13-1-4-19-5-2-13;3-2(4,5)1(6)7/h1-2,4-5,8-9,15H,3,6-7,10-12H2;(H,6,7). The number of carboxylic acids is 1. The normalized spacial score (nSPS) is 19.9. The molecule has 2 fully saturated rings. The minimum Gasteiger partial charge on any atom is -0.475 e. The van der Waals surface area contributed by atoms with E-state index in [1.54, 1.807) is 12.4 Å². The minimum absolute atomic E-state index is 0.184. The van der Waals surface area contributed by atoms with Crippen LogP contribution in [0, 0.1) is 5.82 Å². The van der Waals surface area contributed by atoms with Crippen molar-refractivity contribution < 1.29 is 36.9 Å². The number of alkyl halides is 3. The van der Waals surface area contributed by atoms with Crippen molar-refractivity contribution in [2.75, 3.05) is 24.6 Å². The van der Waals surface area contributed by atoms with Gasteiger partial charge in [0.1, 0.15) is 5.60 Å². The Bertz CT molecular complexity index is 861. The molecule has 1 atom stereocenters. The van der Waals surface area contributed by atoms with E-state index in [-0.39, 0.29) is 11.7 Å². The van der Waals surface area contributed by atoms with Crippen LogP contribution in [0.1, 0.15) is 18.4 Å². The van der Waals surface area contributed by atoms with Crippen molar-refractivity contribution >= 4 is 11.9 Å². The van der Waals surface area contributed by atoms with E-state index in [1.165, 1.54) is 12.4 Å². The number of aliphatic carboxylic acids is 1. The summed E-state index contributed by atoms with van der Waals surface area (Å²) in [5.41, 5.74) is 0.930. The second kappa shape index (κ2) is 9.52. The van der Waals surface area contributed by atoms with Crippen molar-refractivity contribution in [3.05, 3.63) is 48.3 Å². The fourth-order valence-corrected chi connectivity index (χ4v) is 3.30. The van der Waals surface area contributed by atoms with Gasteiger partial charge in [-0.15, -0.1) is 0 Å². The molecule has 2 aliphatic heterocycles. The Morgan fingerprint density at radius 3 is 2.45 bits per heavy atom. The number of pyridine rings is 1. The first kappa shape index (κ1) is 22.8. The zero-order valence-corrected chi connectivity index (χ0v) is 16.3. The summed E-state index contributed by atoms with van der Waals surface area (Å²) < 4.78 is 56.7. The number of hydrogen-bond donors (Lipinski definition) is 1. The summed E-state index contributed by atoms with van der Waals surface area (Å²) in [7, 11) is 0. The Morgan fingerprint density at radius 2 is 1.87 bits per heavy atom. The first-order chi connectivity index (χ1) is 14.7. The smallest absolute Gasteiger partial charge is 0.475 e. The van der Waals surface area contributed by atoms with Gasteiger partial charge in [-0.05, 0) is 24.1 Å². The molecule has 0 aliphatic carbocycles. The van der Waals surface area contributed by atoms with Crippen molar-refractivity contribution in [3.8, 4) is 0 Å². The highest BCUT2D eigenvalue weighted by molar-refractivity contribution is 5.73. The number of carbonyl (C=O) groups is 1. The number of ether oxygens (including phenoxy) is 2. The van der Waals surface area contributed by atoms with E-state index in [1.807, 2.05) is 17.0 Å². The van der Waals surface area contributed by atoms with Gasteiger partial charge in [-0.25, -0.2) is 19.2 Å². The lowest BCUT2D eigenvalue weighted by Crippen LogP contribution is -2.66. The van der Waals surface area contributed by atoms with Crippen LogP contribution in [0.4, 0.5) is 23.5 Å². The number of carboxylic acid groups (broad SMARTS) is 1. The zero-order chi connectivity index (χ0) is 22.5. The van der Waals surface area contributed by atoms with E-state index in [0.29, 0.717) is 32.3 Å². The van der Waals surface area contributed by atoms with Crippen molar-refractivity contribution in [1.29, 1.82) is 0 Å². The van der Waals surface area contributed by atoms with E-state index in [2.05, 4.69) is 15.0 Å². The summed E-state index contributed by atoms with van der Waals surface area (Å²) in [5.74, 6) is -2.63. The quantitative estimate of drug-likeness (QED) is 0.719. The van der Waals surface area contributed by atoms with Gasteiger partial charge in [-0.3, -0.25) is 4.98 Å². The molecule has 1 N–H and O–H groups in total. The number of halogens is 4. The lowest BCUT2D eigenvalue weighted by atomic mass is 9.85.